The molecule has 0 fully saturated rings. The van der Waals surface area contributed by atoms with Crippen molar-refractivity contribution in [2.75, 3.05) is 0 Å². The fourth-order valence-corrected chi connectivity index (χ4v) is 2.43. The van der Waals surface area contributed by atoms with Crippen molar-refractivity contribution >= 4 is 16.6 Å². The molecule has 0 unspecified atom stereocenters. The fraction of sp³-hybridized carbons (Fsp3) is 0.0556. The van der Waals surface area contributed by atoms with Crippen LogP contribution >= 0.6 is 0 Å². The molecule has 0 aromatic heterocycles. The maximum atomic E-state index is 8.85. The summed E-state index contributed by atoms with van der Waals surface area (Å²) in [6, 6.07) is 21.5. The van der Waals surface area contributed by atoms with E-state index in [-0.39, 0.29) is 5.84 Å². The summed E-state index contributed by atoms with van der Waals surface area (Å²) < 4.78 is 5.88. The monoisotopic (exact) mass is 292 g/mol. The lowest BCUT2D eigenvalue weighted by atomic mass is 10.1. The minimum Gasteiger partial charge on any atom is -0.488 e. The van der Waals surface area contributed by atoms with Crippen LogP contribution < -0.4 is 10.5 Å². The zero-order valence-corrected chi connectivity index (χ0v) is 11.9. The van der Waals surface area contributed by atoms with Crippen molar-refractivity contribution in [2.24, 2.45) is 10.9 Å². The molecule has 4 heteroatoms. The second kappa shape index (κ2) is 6.18. The number of oxime groups is 1. The molecule has 0 aliphatic carbocycles. The van der Waals surface area contributed by atoms with E-state index in [0.717, 1.165) is 10.9 Å². The van der Waals surface area contributed by atoms with Crippen LogP contribution in [0.5, 0.6) is 5.75 Å². The SMILES string of the molecule is N/C(=N\O)c1ccccc1OCc1cccc2ccccc12. The lowest BCUT2D eigenvalue weighted by molar-refractivity contribution is 0.304. The number of rotatable bonds is 4. The van der Waals surface area contributed by atoms with E-state index in [0.29, 0.717) is 17.9 Å². The Kier molecular flexibility index (Phi) is 3.92. The van der Waals surface area contributed by atoms with Gasteiger partial charge in [0.2, 0.25) is 0 Å². The Balaban J connectivity index is 1.89. The summed E-state index contributed by atoms with van der Waals surface area (Å²) >= 11 is 0. The van der Waals surface area contributed by atoms with Crippen molar-refractivity contribution in [2.45, 2.75) is 6.61 Å². The van der Waals surface area contributed by atoms with E-state index < -0.39 is 0 Å². The first kappa shape index (κ1) is 13.9. The summed E-state index contributed by atoms with van der Waals surface area (Å²) in [4.78, 5) is 0. The van der Waals surface area contributed by atoms with Gasteiger partial charge >= 0.3 is 0 Å². The van der Waals surface area contributed by atoms with Gasteiger partial charge in [-0.3, -0.25) is 0 Å². The molecule has 0 atom stereocenters. The fourth-order valence-electron chi connectivity index (χ4n) is 2.43. The van der Waals surface area contributed by atoms with Crippen molar-refractivity contribution in [1.82, 2.24) is 0 Å². The third-order valence-electron chi connectivity index (χ3n) is 3.53. The lowest BCUT2D eigenvalue weighted by Gasteiger charge is -2.12. The van der Waals surface area contributed by atoms with Crippen molar-refractivity contribution in [3.63, 3.8) is 0 Å². The lowest BCUT2D eigenvalue weighted by Crippen LogP contribution is -2.14. The predicted octanol–water partition coefficient (Wildman–Crippen LogP) is 3.51. The van der Waals surface area contributed by atoms with Crippen LogP contribution in [0, 0.1) is 0 Å². The Morgan fingerprint density at radius 1 is 0.955 bits per heavy atom. The highest BCUT2D eigenvalue weighted by Gasteiger charge is 2.08. The number of fused-ring (bicyclic) bond motifs is 1. The molecule has 0 aliphatic rings. The molecule has 110 valence electrons. The van der Waals surface area contributed by atoms with E-state index in [4.69, 9.17) is 15.7 Å². The van der Waals surface area contributed by atoms with Gasteiger partial charge < -0.3 is 15.7 Å². The molecule has 4 nitrogen and oxygen atoms in total. The number of amidine groups is 1. The van der Waals surface area contributed by atoms with E-state index >= 15 is 0 Å². The maximum Gasteiger partial charge on any atom is 0.173 e. The Labute approximate surface area is 128 Å². The smallest absolute Gasteiger partial charge is 0.173 e. The van der Waals surface area contributed by atoms with Crippen LogP contribution in [-0.4, -0.2) is 11.0 Å². The second-order valence-corrected chi connectivity index (χ2v) is 4.91. The highest BCUT2D eigenvalue weighted by atomic mass is 16.5. The Hall–Kier alpha value is -3.01. The van der Waals surface area contributed by atoms with Gasteiger partial charge in [0.05, 0.1) is 5.56 Å². The first-order chi connectivity index (χ1) is 10.8. The zero-order valence-electron chi connectivity index (χ0n) is 11.9. The summed E-state index contributed by atoms with van der Waals surface area (Å²) in [7, 11) is 0. The molecular weight excluding hydrogens is 276 g/mol. The van der Waals surface area contributed by atoms with Gasteiger partial charge in [0.25, 0.3) is 0 Å². The van der Waals surface area contributed by atoms with Crippen LogP contribution in [0.15, 0.2) is 71.9 Å². The molecule has 0 spiro atoms. The molecule has 0 radical (unpaired) electrons. The molecular formula is C18H16N2O2. The molecule has 3 aromatic rings. The van der Waals surface area contributed by atoms with E-state index in [9.17, 15) is 0 Å². The third-order valence-corrected chi connectivity index (χ3v) is 3.53. The van der Waals surface area contributed by atoms with E-state index in [1.807, 2.05) is 36.4 Å². The van der Waals surface area contributed by atoms with Gasteiger partial charge in [-0.05, 0) is 28.5 Å². The van der Waals surface area contributed by atoms with Crippen molar-refractivity contribution in [1.29, 1.82) is 0 Å². The summed E-state index contributed by atoms with van der Waals surface area (Å²) in [6.07, 6.45) is 0. The largest absolute Gasteiger partial charge is 0.488 e. The Morgan fingerprint density at radius 3 is 2.55 bits per heavy atom. The Morgan fingerprint density at radius 2 is 1.68 bits per heavy atom. The minimum atomic E-state index is 0.0357. The van der Waals surface area contributed by atoms with E-state index in [1.54, 1.807) is 12.1 Å². The van der Waals surface area contributed by atoms with Crippen molar-refractivity contribution < 1.29 is 9.94 Å². The van der Waals surface area contributed by atoms with E-state index in [2.05, 4.69) is 23.4 Å². The van der Waals surface area contributed by atoms with Gasteiger partial charge in [-0.15, -0.1) is 0 Å². The van der Waals surface area contributed by atoms with Crippen molar-refractivity contribution in [3.8, 4) is 5.75 Å². The molecule has 3 N–H and O–H groups in total. The van der Waals surface area contributed by atoms with Gasteiger partial charge in [-0.1, -0.05) is 59.8 Å². The van der Waals surface area contributed by atoms with Crippen LogP contribution in [0.3, 0.4) is 0 Å². The third kappa shape index (κ3) is 2.72. The first-order valence-corrected chi connectivity index (χ1v) is 6.96. The van der Waals surface area contributed by atoms with Crippen LogP contribution in [-0.2, 0) is 6.61 Å². The first-order valence-electron chi connectivity index (χ1n) is 6.96. The molecule has 0 saturated heterocycles. The Bertz CT molecular complexity index is 823. The topological polar surface area (TPSA) is 67.8 Å². The van der Waals surface area contributed by atoms with Crippen LogP contribution in [0.4, 0.5) is 0 Å². The van der Waals surface area contributed by atoms with Gasteiger partial charge in [0, 0.05) is 0 Å². The maximum absolute atomic E-state index is 8.85. The van der Waals surface area contributed by atoms with Crippen LogP contribution in [0.1, 0.15) is 11.1 Å². The molecule has 0 saturated carbocycles. The van der Waals surface area contributed by atoms with Gasteiger partial charge in [0.15, 0.2) is 5.84 Å². The number of para-hydroxylation sites is 1. The van der Waals surface area contributed by atoms with E-state index in [1.165, 1.54) is 5.39 Å². The number of hydrogen-bond acceptors (Lipinski definition) is 3. The molecule has 22 heavy (non-hydrogen) atoms. The van der Waals surface area contributed by atoms with Gasteiger partial charge in [0.1, 0.15) is 12.4 Å². The molecule has 0 amide bonds. The molecule has 0 aliphatic heterocycles. The summed E-state index contributed by atoms with van der Waals surface area (Å²) in [5, 5.41) is 14.2. The average molecular weight is 292 g/mol. The highest BCUT2D eigenvalue weighted by molar-refractivity contribution is 5.99. The van der Waals surface area contributed by atoms with Crippen LogP contribution in [0.2, 0.25) is 0 Å². The van der Waals surface area contributed by atoms with Crippen LogP contribution in [0.25, 0.3) is 10.8 Å². The minimum absolute atomic E-state index is 0.0357. The summed E-state index contributed by atoms with van der Waals surface area (Å²) in [5.74, 6) is 0.624. The van der Waals surface area contributed by atoms with Crippen molar-refractivity contribution in [3.05, 3.63) is 77.9 Å². The zero-order chi connectivity index (χ0) is 15.4. The highest BCUT2D eigenvalue weighted by Crippen LogP contribution is 2.22. The number of hydrogen-bond donors (Lipinski definition) is 2. The quantitative estimate of drug-likeness (QED) is 0.334. The molecule has 3 rings (SSSR count). The number of benzene rings is 3. The number of nitrogens with two attached hydrogens (primary N) is 1. The molecule has 3 aromatic carbocycles. The second-order valence-electron chi connectivity index (χ2n) is 4.91. The summed E-state index contributed by atoms with van der Waals surface area (Å²) in [6.45, 7) is 0.414. The molecule has 0 bridgehead atoms. The predicted molar refractivity (Wildman–Crippen MR) is 87.2 cm³/mol. The molecule has 0 heterocycles. The number of nitrogens with zero attached hydrogens (tertiary/aromatic N) is 1. The van der Waals surface area contributed by atoms with Gasteiger partial charge in [-0.25, -0.2) is 0 Å². The average Bonchev–Trinajstić information content (AvgIpc) is 2.59. The number of ether oxygens (including phenoxy) is 1. The standard InChI is InChI=1S/C18H16N2O2/c19-18(20-21)16-10-3-4-11-17(16)22-12-14-8-5-7-13-6-1-2-9-15(13)14/h1-11,21H,12H2,(H2,19,20). The van der Waals surface area contributed by atoms with Gasteiger partial charge in [-0.2, -0.15) is 0 Å². The summed E-state index contributed by atoms with van der Waals surface area (Å²) in [5.41, 5.74) is 7.34. The normalized spacial score (nSPS) is 11.5.